The molecule has 0 saturated carbocycles. The van der Waals surface area contributed by atoms with E-state index in [0.717, 1.165) is 40.6 Å². The third-order valence-corrected chi connectivity index (χ3v) is 7.24. The van der Waals surface area contributed by atoms with Gasteiger partial charge < -0.3 is 19.3 Å². The molecular formula is C33H32ClNO5. The molecule has 0 atom stereocenters. The van der Waals surface area contributed by atoms with E-state index in [2.05, 4.69) is 6.92 Å². The average molecular weight is 558 g/mol. The van der Waals surface area contributed by atoms with E-state index in [-0.39, 0.29) is 5.56 Å². The number of ether oxygens (including phenoxy) is 3. The average Bonchev–Trinajstić information content (AvgIpc) is 3.45. The van der Waals surface area contributed by atoms with Crippen LogP contribution in [0.2, 0.25) is 5.02 Å². The predicted molar refractivity (Wildman–Crippen MR) is 158 cm³/mol. The molecule has 7 heteroatoms. The Morgan fingerprint density at radius 1 is 1.05 bits per heavy atom. The Morgan fingerprint density at radius 3 is 2.67 bits per heavy atom. The Labute approximate surface area is 239 Å². The fourth-order valence-corrected chi connectivity index (χ4v) is 5.03. The number of hydrogen-bond donors (Lipinski definition) is 1. The van der Waals surface area contributed by atoms with Crippen LogP contribution in [0.4, 0.5) is 0 Å². The second kappa shape index (κ2) is 12.6. The lowest BCUT2D eigenvalue weighted by molar-refractivity contribution is -0.170. The van der Waals surface area contributed by atoms with Gasteiger partial charge in [0.2, 0.25) is 0 Å². The Kier molecular flexibility index (Phi) is 8.80. The number of pyridine rings is 1. The molecule has 2 heterocycles. The van der Waals surface area contributed by atoms with Gasteiger partial charge in [0.15, 0.2) is 5.79 Å². The number of carbonyl (C=O) groups is 1. The third-order valence-electron chi connectivity index (χ3n) is 7.00. The van der Waals surface area contributed by atoms with Crippen molar-refractivity contribution < 1.29 is 24.1 Å². The number of halogens is 1. The molecule has 6 nitrogen and oxygen atoms in total. The highest BCUT2D eigenvalue weighted by atomic mass is 35.5. The molecule has 1 aromatic heterocycles. The van der Waals surface area contributed by atoms with Crippen molar-refractivity contribution in [3.05, 3.63) is 106 Å². The Balaban J connectivity index is 1.34. The van der Waals surface area contributed by atoms with Gasteiger partial charge in [-0.2, -0.15) is 0 Å². The topological polar surface area (TPSA) is 77.9 Å². The molecule has 4 aromatic rings. The summed E-state index contributed by atoms with van der Waals surface area (Å²) in [5.41, 5.74) is 4.49. The highest BCUT2D eigenvalue weighted by molar-refractivity contribution is 6.31. The number of carboxylic acid groups (broad SMARTS) is 1. The lowest BCUT2D eigenvalue weighted by Crippen LogP contribution is -2.28. The highest BCUT2D eigenvalue weighted by Gasteiger charge is 2.38. The van der Waals surface area contributed by atoms with Gasteiger partial charge in [0.05, 0.1) is 36.6 Å². The summed E-state index contributed by atoms with van der Waals surface area (Å²) in [6, 6.07) is 23.0. The number of aromatic nitrogens is 1. The lowest BCUT2D eigenvalue weighted by atomic mass is 9.94. The van der Waals surface area contributed by atoms with Crippen molar-refractivity contribution in [2.45, 2.75) is 38.4 Å². The van der Waals surface area contributed by atoms with Crippen LogP contribution in [-0.4, -0.2) is 35.9 Å². The first-order valence-corrected chi connectivity index (χ1v) is 14.0. The molecule has 1 N–H and O–H groups in total. The van der Waals surface area contributed by atoms with Crippen molar-refractivity contribution in [1.82, 2.24) is 4.98 Å². The summed E-state index contributed by atoms with van der Waals surface area (Å²) in [5, 5.41) is 11.5. The van der Waals surface area contributed by atoms with E-state index >= 15 is 0 Å². The SMILES string of the molecule is CCCCOc1ccc(CCC2(c3cccc(/C=C/c4ccc5ccc(Cl)cc5n4)c3)OCCO2)c(C(=O)O)c1. The molecule has 206 valence electrons. The number of rotatable bonds is 11. The van der Waals surface area contributed by atoms with Crippen LogP contribution < -0.4 is 4.74 Å². The molecule has 0 radical (unpaired) electrons. The number of carboxylic acids is 1. The van der Waals surface area contributed by atoms with Crippen molar-refractivity contribution in [2.75, 3.05) is 19.8 Å². The largest absolute Gasteiger partial charge is 0.494 e. The molecule has 0 unspecified atom stereocenters. The molecule has 40 heavy (non-hydrogen) atoms. The van der Waals surface area contributed by atoms with Crippen LogP contribution in [0.5, 0.6) is 5.75 Å². The van der Waals surface area contributed by atoms with Crippen molar-refractivity contribution in [2.24, 2.45) is 0 Å². The second-order valence-corrected chi connectivity index (χ2v) is 10.2. The first-order valence-electron chi connectivity index (χ1n) is 13.6. The van der Waals surface area contributed by atoms with Gasteiger partial charge in [0.1, 0.15) is 5.75 Å². The van der Waals surface area contributed by atoms with E-state index in [0.29, 0.717) is 49.0 Å². The van der Waals surface area contributed by atoms with E-state index < -0.39 is 11.8 Å². The smallest absolute Gasteiger partial charge is 0.336 e. The van der Waals surface area contributed by atoms with E-state index in [1.54, 1.807) is 6.07 Å². The van der Waals surface area contributed by atoms with Gasteiger partial charge in [0.25, 0.3) is 0 Å². The highest BCUT2D eigenvalue weighted by Crippen LogP contribution is 2.37. The maximum absolute atomic E-state index is 12.0. The van der Waals surface area contributed by atoms with E-state index in [4.69, 9.17) is 30.8 Å². The van der Waals surface area contributed by atoms with Crippen LogP contribution in [0.1, 0.15) is 58.9 Å². The van der Waals surface area contributed by atoms with Crippen molar-refractivity contribution >= 4 is 40.6 Å². The fraction of sp³-hybridized carbons (Fsp3) is 0.273. The summed E-state index contributed by atoms with van der Waals surface area (Å²) in [5.74, 6) is -1.36. The summed E-state index contributed by atoms with van der Waals surface area (Å²) >= 11 is 6.14. The molecule has 0 spiro atoms. The monoisotopic (exact) mass is 557 g/mol. The zero-order valence-electron chi connectivity index (χ0n) is 22.4. The maximum atomic E-state index is 12.0. The lowest BCUT2D eigenvalue weighted by Gasteiger charge is -2.28. The molecule has 0 amide bonds. The zero-order chi connectivity index (χ0) is 28.0. The minimum Gasteiger partial charge on any atom is -0.494 e. The van der Waals surface area contributed by atoms with Crippen molar-refractivity contribution in [3.8, 4) is 5.75 Å². The van der Waals surface area contributed by atoms with E-state index in [1.807, 2.05) is 78.9 Å². The number of unbranched alkanes of at least 4 members (excludes halogenated alkanes) is 1. The van der Waals surface area contributed by atoms with E-state index in [9.17, 15) is 9.90 Å². The van der Waals surface area contributed by atoms with Crippen molar-refractivity contribution in [3.63, 3.8) is 0 Å². The number of aromatic carboxylic acids is 1. The van der Waals surface area contributed by atoms with Crippen LogP contribution in [0.15, 0.2) is 72.8 Å². The van der Waals surface area contributed by atoms with Gasteiger partial charge in [-0.05, 0) is 66.4 Å². The van der Waals surface area contributed by atoms with Crippen LogP contribution in [0.3, 0.4) is 0 Å². The van der Waals surface area contributed by atoms with Crippen LogP contribution in [-0.2, 0) is 21.7 Å². The van der Waals surface area contributed by atoms with Gasteiger partial charge in [0, 0.05) is 22.4 Å². The molecule has 0 bridgehead atoms. The summed E-state index contributed by atoms with van der Waals surface area (Å²) in [4.78, 5) is 16.7. The molecule has 1 saturated heterocycles. The van der Waals surface area contributed by atoms with Gasteiger partial charge in [-0.25, -0.2) is 9.78 Å². The van der Waals surface area contributed by atoms with Gasteiger partial charge in [-0.1, -0.05) is 67.4 Å². The summed E-state index contributed by atoms with van der Waals surface area (Å²) in [6.45, 7) is 3.60. The summed E-state index contributed by atoms with van der Waals surface area (Å²) < 4.78 is 18.1. The normalized spacial score (nSPS) is 14.7. The summed E-state index contributed by atoms with van der Waals surface area (Å²) in [6.07, 6.45) is 6.85. The molecule has 0 aliphatic carbocycles. The molecule has 3 aromatic carbocycles. The second-order valence-electron chi connectivity index (χ2n) is 9.81. The number of aryl methyl sites for hydroxylation is 1. The molecular weight excluding hydrogens is 526 g/mol. The number of nitrogens with zero attached hydrogens (tertiary/aromatic N) is 1. The minimum atomic E-state index is -0.977. The number of fused-ring (bicyclic) bond motifs is 1. The Hall–Kier alpha value is -3.71. The van der Waals surface area contributed by atoms with Crippen LogP contribution in [0, 0.1) is 0 Å². The minimum absolute atomic E-state index is 0.239. The number of hydrogen-bond acceptors (Lipinski definition) is 5. The maximum Gasteiger partial charge on any atom is 0.336 e. The van der Waals surface area contributed by atoms with Crippen LogP contribution >= 0.6 is 11.6 Å². The Morgan fingerprint density at radius 2 is 1.88 bits per heavy atom. The molecule has 1 fully saturated rings. The van der Waals surface area contributed by atoms with Gasteiger partial charge >= 0.3 is 5.97 Å². The quantitative estimate of drug-likeness (QED) is 0.190. The van der Waals surface area contributed by atoms with E-state index in [1.165, 1.54) is 0 Å². The first-order chi connectivity index (χ1) is 19.5. The van der Waals surface area contributed by atoms with Gasteiger partial charge in [-0.3, -0.25) is 0 Å². The fourth-order valence-electron chi connectivity index (χ4n) is 4.87. The standard InChI is InChI=1S/C33H32ClNO5/c1-2-3-17-38-29-14-10-24(30(22-29)32(36)37)15-16-33(39-18-19-40-33)26-6-4-5-23(20-26)7-12-28-13-9-25-8-11-27(34)21-31(25)35-28/h4-14,20-22H,2-3,15-19H2,1H3,(H,36,37)/b12-7+. The zero-order valence-corrected chi connectivity index (χ0v) is 23.2. The number of benzene rings is 3. The Bertz CT molecular complexity index is 1530. The van der Waals surface area contributed by atoms with Gasteiger partial charge in [-0.15, -0.1) is 0 Å². The molecule has 1 aliphatic heterocycles. The molecule has 5 rings (SSSR count). The molecule has 1 aliphatic rings. The summed E-state index contributed by atoms with van der Waals surface area (Å²) in [7, 11) is 0. The van der Waals surface area contributed by atoms with Crippen molar-refractivity contribution in [1.29, 1.82) is 0 Å². The van der Waals surface area contributed by atoms with Crippen LogP contribution in [0.25, 0.3) is 23.1 Å². The first kappa shape index (κ1) is 27.8. The predicted octanol–water partition coefficient (Wildman–Crippen LogP) is 7.77. The third kappa shape index (κ3) is 6.53.